The Bertz CT molecular complexity index is 1660. The molecule has 0 N–H and O–H groups in total. The molecule has 3 heterocycles. The summed E-state index contributed by atoms with van der Waals surface area (Å²) in [7, 11) is 1.46. The Kier molecular flexibility index (Phi) is 6.01. The van der Waals surface area contributed by atoms with E-state index in [-0.39, 0.29) is 17.9 Å². The molecule has 3 aromatic heterocycles. The van der Waals surface area contributed by atoms with Gasteiger partial charge in [0.05, 0.1) is 42.6 Å². The van der Waals surface area contributed by atoms with Gasteiger partial charge in [-0.05, 0) is 48.9 Å². The van der Waals surface area contributed by atoms with E-state index >= 15 is 0 Å². The zero-order valence-electron chi connectivity index (χ0n) is 18.9. The van der Waals surface area contributed by atoms with Crippen molar-refractivity contribution in [2.45, 2.75) is 25.9 Å². The summed E-state index contributed by atoms with van der Waals surface area (Å²) >= 11 is 6.21. The number of benzene rings is 2. The lowest BCUT2D eigenvalue weighted by molar-refractivity contribution is 0.411. The van der Waals surface area contributed by atoms with E-state index in [1.807, 2.05) is 24.3 Å². The molecule has 0 unspecified atom stereocenters. The summed E-state index contributed by atoms with van der Waals surface area (Å²) in [5.41, 5.74) is 2.72. The van der Waals surface area contributed by atoms with E-state index < -0.39 is 5.82 Å². The Morgan fingerprint density at radius 3 is 2.71 bits per heavy atom. The third-order valence-corrected chi connectivity index (χ3v) is 6.30. The average Bonchev–Trinajstić information content (AvgIpc) is 3.33. The van der Waals surface area contributed by atoms with Crippen LogP contribution < -0.4 is 10.4 Å². The van der Waals surface area contributed by atoms with Crippen molar-refractivity contribution in [1.29, 1.82) is 5.26 Å². The molecule has 0 aliphatic heterocycles. The van der Waals surface area contributed by atoms with Gasteiger partial charge in [-0.25, -0.2) is 9.18 Å². The van der Waals surface area contributed by atoms with Crippen LogP contribution in [0, 0.1) is 17.1 Å². The highest BCUT2D eigenvalue weighted by atomic mass is 35.5. The number of hydrogen-bond donors (Lipinski definition) is 0. The highest BCUT2D eigenvalue weighted by molar-refractivity contribution is 6.31. The van der Waals surface area contributed by atoms with Crippen molar-refractivity contribution in [2.24, 2.45) is 0 Å². The van der Waals surface area contributed by atoms with E-state index in [9.17, 15) is 9.18 Å². The summed E-state index contributed by atoms with van der Waals surface area (Å²) < 4.78 is 25.1. The molecule has 35 heavy (non-hydrogen) atoms. The molecule has 0 aliphatic rings. The molecule has 0 saturated heterocycles. The van der Waals surface area contributed by atoms with E-state index in [4.69, 9.17) is 21.6 Å². The lowest BCUT2D eigenvalue weighted by Gasteiger charge is -2.11. The summed E-state index contributed by atoms with van der Waals surface area (Å²) in [6.45, 7) is 0.859. The highest BCUT2D eigenvalue weighted by Crippen LogP contribution is 2.27. The molecule has 0 fully saturated rings. The summed E-state index contributed by atoms with van der Waals surface area (Å²) in [6.07, 6.45) is 4.27. The molecular formula is C26H21ClFN5O2. The second-order valence-corrected chi connectivity index (χ2v) is 8.57. The Hall–Kier alpha value is -4.09. The number of unbranched alkanes of at least 4 members (excludes halogenated alkanes) is 1. The molecule has 0 amide bonds. The van der Waals surface area contributed by atoms with Gasteiger partial charge < -0.3 is 9.30 Å². The van der Waals surface area contributed by atoms with E-state index in [1.165, 1.54) is 23.8 Å². The second-order valence-electron chi connectivity index (χ2n) is 8.14. The molecule has 5 aromatic rings. The summed E-state index contributed by atoms with van der Waals surface area (Å²) in [6, 6.07) is 15.9. The van der Waals surface area contributed by atoms with Crippen LogP contribution in [0.4, 0.5) is 4.39 Å². The fourth-order valence-electron chi connectivity index (χ4n) is 4.46. The van der Waals surface area contributed by atoms with Gasteiger partial charge in [0, 0.05) is 46.8 Å². The van der Waals surface area contributed by atoms with Crippen LogP contribution in [0.1, 0.15) is 18.5 Å². The van der Waals surface area contributed by atoms with Crippen LogP contribution in [-0.2, 0) is 13.1 Å². The molecule has 7 nitrogen and oxygen atoms in total. The summed E-state index contributed by atoms with van der Waals surface area (Å²) in [5, 5.41) is 10.6. The Morgan fingerprint density at radius 2 is 1.94 bits per heavy atom. The number of rotatable bonds is 7. The van der Waals surface area contributed by atoms with Crippen LogP contribution in [0.3, 0.4) is 0 Å². The van der Waals surface area contributed by atoms with Gasteiger partial charge in [0.15, 0.2) is 5.82 Å². The van der Waals surface area contributed by atoms with E-state index in [0.717, 1.165) is 16.6 Å². The first-order valence-corrected chi connectivity index (χ1v) is 11.4. The number of nitrogens with zero attached hydrogens (tertiary/aromatic N) is 5. The average molecular weight is 490 g/mol. The quantitative estimate of drug-likeness (QED) is 0.291. The fourth-order valence-corrected chi connectivity index (χ4v) is 4.64. The van der Waals surface area contributed by atoms with Crippen LogP contribution in [0.5, 0.6) is 5.75 Å². The van der Waals surface area contributed by atoms with E-state index in [2.05, 4.69) is 15.6 Å². The number of aromatic nitrogens is 4. The van der Waals surface area contributed by atoms with E-state index in [1.54, 1.807) is 29.1 Å². The van der Waals surface area contributed by atoms with Gasteiger partial charge in [0.2, 0.25) is 0 Å². The van der Waals surface area contributed by atoms with Crippen LogP contribution in [-0.4, -0.2) is 25.8 Å². The normalized spacial score (nSPS) is 11.3. The topological polar surface area (TPSA) is 77.8 Å². The lowest BCUT2D eigenvalue weighted by Crippen LogP contribution is -2.25. The molecule has 9 heteroatoms. The molecule has 176 valence electrons. The molecular weight excluding hydrogens is 469 g/mol. The minimum atomic E-state index is -0.567. The number of imidazole rings is 1. The van der Waals surface area contributed by atoms with Crippen molar-refractivity contribution in [3.63, 3.8) is 0 Å². The first kappa shape index (κ1) is 22.7. The van der Waals surface area contributed by atoms with Gasteiger partial charge in [-0.2, -0.15) is 5.26 Å². The number of aryl methyl sites for hydroxylation is 1. The predicted molar refractivity (Wildman–Crippen MR) is 133 cm³/mol. The van der Waals surface area contributed by atoms with Crippen LogP contribution in [0.15, 0.2) is 65.7 Å². The van der Waals surface area contributed by atoms with Gasteiger partial charge in [-0.3, -0.25) is 14.1 Å². The van der Waals surface area contributed by atoms with Crippen LogP contribution in [0.25, 0.3) is 27.6 Å². The maximum atomic E-state index is 15.0. The van der Waals surface area contributed by atoms with Crippen molar-refractivity contribution in [2.75, 3.05) is 7.11 Å². The summed E-state index contributed by atoms with van der Waals surface area (Å²) in [4.78, 5) is 17.9. The number of methoxy groups -OCH3 is 1. The molecule has 0 radical (unpaired) electrons. The number of pyridine rings is 1. The molecule has 2 aromatic carbocycles. The van der Waals surface area contributed by atoms with Gasteiger partial charge in [0.1, 0.15) is 5.75 Å². The van der Waals surface area contributed by atoms with E-state index in [0.29, 0.717) is 41.2 Å². The third kappa shape index (κ3) is 4.04. The first-order valence-electron chi connectivity index (χ1n) is 11.1. The number of halogens is 2. The second kappa shape index (κ2) is 9.28. The van der Waals surface area contributed by atoms with Gasteiger partial charge in [-0.15, -0.1) is 0 Å². The van der Waals surface area contributed by atoms with Crippen molar-refractivity contribution in [3.05, 3.63) is 87.9 Å². The Labute approximate surface area is 205 Å². The minimum Gasteiger partial charge on any atom is -0.497 e. The minimum absolute atomic E-state index is 0.132. The fraction of sp³-hybridized carbons (Fsp3) is 0.192. The molecule has 5 rings (SSSR count). The zero-order valence-corrected chi connectivity index (χ0v) is 19.7. The van der Waals surface area contributed by atoms with Crippen LogP contribution in [0.2, 0.25) is 5.02 Å². The molecule has 0 spiro atoms. The Balaban J connectivity index is 1.67. The number of hydrogen-bond acceptors (Lipinski definition) is 4. The maximum absolute atomic E-state index is 15.0. The molecule has 0 bridgehead atoms. The van der Waals surface area contributed by atoms with Gasteiger partial charge in [-0.1, -0.05) is 11.6 Å². The Morgan fingerprint density at radius 1 is 1.09 bits per heavy atom. The zero-order chi connectivity index (χ0) is 24.5. The third-order valence-electron chi connectivity index (χ3n) is 6.07. The van der Waals surface area contributed by atoms with Crippen LogP contribution >= 0.6 is 11.6 Å². The SMILES string of the molecule is COc1ccc(-n2c(=O)n(Cc3cc4cc(Cl)ccc4n3CCCC#N)c3cnccc32)c(F)c1. The number of ether oxygens (including phenoxy) is 1. The standard InChI is InChI=1S/C26H21ClFN5O2/c1-35-20-5-7-23(21(28)14-20)33-24-8-10-30-15-25(24)32(26(33)34)16-19-13-17-12-18(27)4-6-22(17)31(19)11-3-2-9-29/h4-8,10,12-15H,2-3,11,16H2,1H3. The lowest BCUT2D eigenvalue weighted by atomic mass is 10.2. The largest absolute Gasteiger partial charge is 0.497 e. The van der Waals surface area contributed by atoms with Crippen molar-refractivity contribution < 1.29 is 9.13 Å². The maximum Gasteiger partial charge on any atom is 0.334 e. The smallest absolute Gasteiger partial charge is 0.334 e. The molecule has 0 atom stereocenters. The van der Waals surface area contributed by atoms with Gasteiger partial charge in [0.25, 0.3) is 0 Å². The monoisotopic (exact) mass is 489 g/mol. The van der Waals surface area contributed by atoms with Crippen molar-refractivity contribution >= 4 is 33.5 Å². The molecule has 0 saturated carbocycles. The molecule has 0 aliphatic carbocycles. The highest BCUT2D eigenvalue weighted by Gasteiger charge is 2.19. The van der Waals surface area contributed by atoms with Gasteiger partial charge >= 0.3 is 5.69 Å². The van der Waals surface area contributed by atoms with Crippen molar-refractivity contribution in [3.8, 4) is 17.5 Å². The number of nitriles is 1. The van der Waals surface area contributed by atoms with Crippen molar-refractivity contribution in [1.82, 2.24) is 18.7 Å². The predicted octanol–water partition coefficient (Wildman–Crippen LogP) is 5.30. The first-order chi connectivity index (χ1) is 17.0. The summed E-state index contributed by atoms with van der Waals surface area (Å²) in [5.74, 6) is -0.201. The number of fused-ring (bicyclic) bond motifs is 2.